The van der Waals surface area contributed by atoms with Gasteiger partial charge in [-0.25, -0.2) is 0 Å². The zero-order chi connectivity index (χ0) is 27.7. The van der Waals surface area contributed by atoms with Crippen LogP contribution in [0.15, 0.2) is 42.5 Å². The fourth-order valence-electron chi connectivity index (χ4n) is 4.31. The molecule has 1 unspecified atom stereocenters. The van der Waals surface area contributed by atoms with Gasteiger partial charge in [-0.3, -0.25) is 0 Å². The van der Waals surface area contributed by atoms with Crippen molar-refractivity contribution in [1.29, 1.82) is 0 Å². The lowest BCUT2D eigenvalue weighted by atomic mass is 9.77. The fraction of sp³-hybridized carbons (Fsp3) is 0.636. The molecule has 0 aliphatic carbocycles. The molecule has 2 aromatic rings. The predicted molar refractivity (Wildman–Crippen MR) is 163 cm³/mol. The van der Waals surface area contributed by atoms with Gasteiger partial charge < -0.3 is 14.4 Å². The molecule has 210 valence electrons. The molecule has 2 rings (SSSR count). The van der Waals surface area contributed by atoms with Crippen LogP contribution in [0.25, 0.3) is 0 Å². The standard InChI is InChI=1S/C31H48ClNO2.C2H6/c1-7-19-33(21-17-25(3)8-2)20-10-23-34-29-14-11-27(12-15-29)31(5,6)28-13-16-30(26(4)24-28)35-22-9-18-32;1-2/h11-16,24-25H,7-10,17-23H2,1-6H3;1-2H3. The van der Waals surface area contributed by atoms with Crippen LogP contribution in [-0.4, -0.2) is 43.6 Å². The van der Waals surface area contributed by atoms with E-state index in [0.29, 0.717) is 12.5 Å². The Labute approximate surface area is 233 Å². The minimum Gasteiger partial charge on any atom is -0.494 e. The molecule has 1 atom stereocenters. The van der Waals surface area contributed by atoms with E-state index in [2.05, 4.69) is 88.9 Å². The summed E-state index contributed by atoms with van der Waals surface area (Å²) in [5.74, 6) is 3.32. The van der Waals surface area contributed by atoms with E-state index < -0.39 is 0 Å². The number of halogens is 1. The average molecular weight is 532 g/mol. The molecule has 0 N–H and O–H groups in total. The molecule has 2 aromatic carbocycles. The Kier molecular flexibility index (Phi) is 16.7. The minimum absolute atomic E-state index is 0.103. The lowest BCUT2D eigenvalue weighted by Crippen LogP contribution is -2.29. The van der Waals surface area contributed by atoms with Crippen LogP contribution >= 0.6 is 11.6 Å². The molecule has 0 radical (unpaired) electrons. The van der Waals surface area contributed by atoms with E-state index in [1.165, 1.54) is 43.5 Å². The summed E-state index contributed by atoms with van der Waals surface area (Å²) in [6.45, 7) is 22.5. The maximum Gasteiger partial charge on any atom is 0.122 e. The third-order valence-corrected chi connectivity index (χ3v) is 7.34. The molecule has 0 aliphatic heterocycles. The highest BCUT2D eigenvalue weighted by molar-refractivity contribution is 6.17. The molecule has 0 saturated carbocycles. The number of alkyl halides is 1. The van der Waals surface area contributed by atoms with E-state index in [0.717, 1.165) is 49.0 Å². The van der Waals surface area contributed by atoms with Gasteiger partial charge in [0.15, 0.2) is 0 Å². The van der Waals surface area contributed by atoms with Crippen molar-refractivity contribution in [3.63, 3.8) is 0 Å². The molecular formula is C33H54ClNO2. The van der Waals surface area contributed by atoms with E-state index in [4.69, 9.17) is 21.1 Å². The number of hydrogen-bond acceptors (Lipinski definition) is 3. The van der Waals surface area contributed by atoms with Crippen LogP contribution in [-0.2, 0) is 5.41 Å². The average Bonchev–Trinajstić information content (AvgIpc) is 2.91. The quantitative estimate of drug-likeness (QED) is 0.150. The molecule has 4 heteroatoms. The zero-order valence-electron chi connectivity index (χ0n) is 25.0. The Hall–Kier alpha value is -1.71. The molecule has 0 saturated heterocycles. The molecular weight excluding hydrogens is 478 g/mol. The van der Waals surface area contributed by atoms with Gasteiger partial charge in [-0.05, 0) is 86.5 Å². The summed E-state index contributed by atoms with van der Waals surface area (Å²) in [7, 11) is 0. The summed E-state index contributed by atoms with van der Waals surface area (Å²) in [6.07, 6.45) is 5.69. The summed E-state index contributed by atoms with van der Waals surface area (Å²) < 4.78 is 11.9. The first kappa shape index (κ1) is 33.3. The Morgan fingerprint density at radius 2 is 1.51 bits per heavy atom. The molecule has 0 aromatic heterocycles. The maximum atomic E-state index is 6.08. The van der Waals surface area contributed by atoms with Gasteiger partial charge in [0.25, 0.3) is 0 Å². The van der Waals surface area contributed by atoms with Crippen LogP contribution < -0.4 is 9.47 Å². The van der Waals surface area contributed by atoms with E-state index in [1.54, 1.807) is 0 Å². The van der Waals surface area contributed by atoms with Crippen molar-refractivity contribution in [2.24, 2.45) is 5.92 Å². The Balaban J connectivity index is 0.00000334. The molecule has 0 amide bonds. The predicted octanol–water partition coefficient (Wildman–Crippen LogP) is 9.27. The van der Waals surface area contributed by atoms with Crippen LogP contribution in [0.5, 0.6) is 11.5 Å². The van der Waals surface area contributed by atoms with Crippen LogP contribution in [0.1, 0.15) is 97.3 Å². The largest absolute Gasteiger partial charge is 0.494 e. The normalized spacial score (nSPS) is 12.2. The van der Waals surface area contributed by atoms with E-state index in [-0.39, 0.29) is 5.41 Å². The van der Waals surface area contributed by atoms with Crippen molar-refractivity contribution < 1.29 is 9.47 Å². The summed E-state index contributed by atoms with van der Waals surface area (Å²) in [5, 5.41) is 0. The summed E-state index contributed by atoms with van der Waals surface area (Å²) in [5.41, 5.74) is 3.61. The highest BCUT2D eigenvalue weighted by atomic mass is 35.5. The van der Waals surface area contributed by atoms with E-state index in [9.17, 15) is 0 Å². The number of nitrogens with zero attached hydrogens (tertiary/aromatic N) is 1. The summed E-state index contributed by atoms with van der Waals surface area (Å²) in [6, 6.07) is 15.1. The molecule has 3 nitrogen and oxygen atoms in total. The second-order valence-electron chi connectivity index (χ2n) is 10.4. The number of aryl methyl sites for hydroxylation is 1. The smallest absolute Gasteiger partial charge is 0.122 e. The lowest BCUT2D eigenvalue weighted by Gasteiger charge is -2.27. The van der Waals surface area contributed by atoms with Gasteiger partial charge in [-0.1, -0.05) is 79.2 Å². The Morgan fingerprint density at radius 1 is 0.865 bits per heavy atom. The van der Waals surface area contributed by atoms with Crippen molar-refractivity contribution in [2.45, 2.75) is 92.9 Å². The van der Waals surface area contributed by atoms with Gasteiger partial charge in [0.1, 0.15) is 11.5 Å². The molecule has 0 heterocycles. The van der Waals surface area contributed by atoms with Crippen molar-refractivity contribution in [3.05, 3.63) is 59.2 Å². The van der Waals surface area contributed by atoms with Gasteiger partial charge in [-0.15, -0.1) is 11.6 Å². The van der Waals surface area contributed by atoms with Crippen molar-refractivity contribution in [2.75, 3.05) is 38.7 Å². The lowest BCUT2D eigenvalue weighted by molar-refractivity contribution is 0.222. The van der Waals surface area contributed by atoms with Gasteiger partial charge in [0.05, 0.1) is 13.2 Å². The Morgan fingerprint density at radius 3 is 2.11 bits per heavy atom. The molecule has 0 spiro atoms. The minimum atomic E-state index is -0.103. The number of rotatable bonds is 17. The zero-order valence-corrected chi connectivity index (χ0v) is 25.8. The second kappa shape index (κ2) is 18.5. The first-order valence-electron chi connectivity index (χ1n) is 14.6. The monoisotopic (exact) mass is 531 g/mol. The number of ether oxygens (including phenoxy) is 2. The molecule has 37 heavy (non-hydrogen) atoms. The highest BCUT2D eigenvalue weighted by Crippen LogP contribution is 2.34. The van der Waals surface area contributed by atoms with Gasteiger partial charge in [-0.2, -0.15) is 0 Å². The Bertz CT molecular complexity index is 850. The SMILES string of the molecule is CC.CCCN(CCCOc1ccc(C(C)(C)c2ccc(OCCCCl)c(C)c2)cc1)CCC(C)CC. The number of benzene rings is 2. The third-order valence-electron chi connectivity index (χ3n) is 7.07. The summed E-state index contributed by atoms with van der Waals surface area (Å²) >= 11 is 5.77. The van der Waals surface area contributed by atoms with Crippen LogP contribution in [0.4, 0.5) is 0 Å². The summed E-state index contributed by atoms with van der Waals surface area (Å²) in [4.78, 5) is 2.59. The van der Waals surface area contributed by atoms with Gasteiger partial charge in [0.2, 0.25) is 0 Å². The van der Waals surface area contributed by atoms with Gasteiger partial charge in [0, 0.05) is 17.8 Å². The molecule has 0 fully saturated rings. The first-order chi connectivity index (χ1) is 17.8. The van der Waals surface area contributed by atoms with Gasteiger partial charge >= 0.3 is 0 Å². The topological polar surface area (TPSA) is 21.7 Å². The van der Waals surface area contributed by atoms with E-state index in [1.807, 2.05) is 13.8 Å². The third kappa shape index (κ3) is 11.7. The second-order valence-corrected chi connectivity index (χ2v) is 10.7. The fourth-order valence-corrected chi connectivity index (χ4v) is 4.42. The molecule has 0 bridgehead atoms. The first-order valence-corrected chi connectivity index (χ1v) is 15.1. The van der Waals surface area contributed by atoms with Crippen LogP contribution in [0.2, 0.25) is 0 Å². The van der Waals surface area contributed by atoms with Crippen molar-refractivity contribution >= 4 is 11.6 Å². The highest BCUT2D eigenvalue weighted by Gasteiger charge is 2.24. The number of hydrogen-bond donors (Lipinski definition) is 0. The van der Waals surface area contributed by atoms with Crippen molar-refractivity contribution in [1.82, 2.24) is 4.90 Å². The van der Waals surface area contributed by atoms with E-state index >= 15 is 0 Å². The maximum absolute atomic E-state index is 6.08. The van der Waals surface area contributed by atoms with Crippen LogP contribution in [0.3, 0.4) is 0 Å². The van der Waals surface area contributed by atoms with Crippen LogP contribution in [0, 0.1) is 12.8 Å². The van der Waals surface area contributed by atoms with Crippen molar-refractivity contribution in [3.8, 4) is 11.5 Å². The molecule has 0 aliphatic rings.